The first-order valence-corrected chi connectivity index (χ1v) is 13.4. The number of fused-ring (bicyclic) bond motifs is 1. The molecule has 220 valence electrons. The van der Waals surface area contributed by atoms with Crippen molar-refractivity contribution in [1.82, 2.24) is 19.3 Å². The summed E-state index contributed by atoms with van der Waals surface area (Å²) in [5.41, 5.74) is 6.53. The number of nitrogens with zero attached hydrogens (tertiary/aromatic N) is 4. The van der Waals surface area contributed by atoms with Crippen molar-refractivity contribution in [3.8, 4) is 22.9 Å². The van der Waals surface area contributed by atoms with Crippen molar-refractivity contribution in [3.05, 3.63) is 101 Å². The molecule has 0 aliphatic heterocycles. The minimum Gasteiger partial charge on any atom is -0.497 e. The zero-order valence-corrected chi connectivity index (χ0v) is 23.8. The van der Waals surface area contributed by atoms with E-state index in [4.69, 9.17) is 19.9 Å². The number of hydrogen-bond donors (Lipinski definition) is 2. The fourth-order valence-corrected chi connectivity index (χ4v) is 4.68. The average Bonchev–Trinajstić information content (AvgIpc) is 3.26. The number of benzene rings is 2. The van der Waals surface area contributed by atoms with Gasteiger partial charge in [-0.15, -0.1) is 0 Å². The molecule has 3 heterocycles. The number of methoxy groups -OCH3 is 1. The number of ether oxygens (including phenoxy) is 3. The van der Waals surface area contributed by atoms with E-state index in [1.807, 2.05) is 48.5 Å². The molecule has 0 bridgehead atoms. The smallest absolute Gasteiger partial charge is 0.320 e. The molecular weight excluding hydrogens is 552 g/mol. The Morgan fingerprint density at radius 2 is 1.79 bits per heavy atom. The maximum atomic E-state index is 13.6. The number of nitrogens with one attached hydrogen (secondary N) is 1. The molecule has 1 amide bonds. The number of carbonyl (C=O) groups excluding carboxylic acids is 2. The van der Waals surface area contributed by atoms with Crippen molar-refractivity contribution >= 4 is 28.6 Å². The van der Waals surface area contributed by atoms with Crippen LogP contribution >= 0.6 is 0 Å². The van der Waals surface area contributed by atoms with E-state index in [-0.39, 0.29) is 24.5 Å². The number of nitrogens with two attached hydrogens (primary N) is 1. The number of aromatic nitrogens is 4. The summed E-state index contributed by atoms with van der Waals surface area (Å²) < 4.78 is 19.6. The van der Waals surface area contributed by atoms with Gasteiger partial charge in [-0.1, -0.05) is 18.2 Å². The molecule has 43 heavy (non-hydrogen) atoms. The molecule has 0 spiro atoms. The first kappa shape index (κ1) is 29.0. The van der Waals surface area contributed by atoms with Gasteiger partial charge in [-0.05, 0) is 56.3 Å². The molecule has 3 aromatic heterocycles. The maximum absolute atomic E-state index is 13.6. The lowest BCUT2D eigenvalue weighted by atomic mass is 10.2. The summed E-state index contributed by atoms with van der Waals surface area (Å²) in [5.74, 6) is 0.707. The molecule has 0 aliphatic carbocycles. The van der Waals surface area contributed by atoms with Gasteiger partial charge in [-0.3, -0.25) is 24.0 Å². The third-order valence-electron chi connectivity index (χ3n) is 6.64. The lowest BCUT2D eigenvalue weighted by Crippen LogP contribution is -2.33. The standard InChI is InChI=1S/C31H30N6O6/c1-19(42-28(38)16-32)18-36-31(40)29(20(2)37(36)21-7-5-4-6-8-21)30(39)35-27-12-10-23(17-34-27)43-26-13-14-33-25-15-22(41-3)9-11-24(25)26/h4-15,17,19H,16,18,32H2,1-3H3,(H,34,35,39)/t19-/m1/s1. The van der Waals surface area contributed by atoms with Gasteiger partial charge in [0.15, 0.2) is 0 Å². The van der Waals surface area contributed by atoms with E-state index in [9.17, 15) is 14.4 Å². The predicted molar refractivity (Wildman–Crippen MR) is 160 cm³/mol. The Balaban J connectivity index is 1.38. The van der Waals surface area contributed by atoms with Crippen LogP contribution in [0.25, 0.3) is 16.6 Å². The van der Waals surface area contributed by atoms with E-state index < -0.39 is 23.5 Å². The Hall–Kier alpha value is -5.49. The third kappa shape index (κ3) is 6.23. The van der Waals surface area contributed by atoms with Crippen molar-refractivity contribution in [2.45, 2.75) is 26.5 Å². The molecule has 0 fully saturated rings. The van der Waals surface area contributed by atoms with Crippen LogP contribution in [0, 0.1) is 6.92 Å². The van der Waals surface area contributed by atoms with E-state index in [1.54, 1.807) is 50.0 Å². The summed E-state index contributed by atoms with van der Waals surface area (Å²) in [6.45, 7) is 3.05. The molecule has 0 unspecified atom stereocenters. The molecule has 3 N–H and O–H groups in total. The van der Waals surface area contributed by atoms with E-state index in [1.165, 1.54) is 10.9 Å². The van der Waals surface area contributed by atoms with Gasteiger partial charge < -0.3 is 25.3 Å². The Morgan fingerprint density at radius 3 is 2.49 bits per heavy atom. The van der Waals surface area contributed by atoms with Crippen molar-refractivity contribution < 1.29 is 23.8 Å². The Bertz CT molecular complexity index is 1830. The summed E-state index contributed by atoms with van der Waals surface area (Å²) in [6, 6.07) is 19.6. The number of hydrogen-bond acceptors (Lipinski definition) is 9. The molecule has 0 aliphatic rings. The number of pyridine rings is 2. The summed E-state index contributed by atoms with van der Waals surface area (Å²) >= 11 is 0. The molecule has 5 aromatic rings. The second-order valence-corrected chi connectivity index (χ2v) is 9.63. The fraction of sp³-hybridized carbons (Fsp3) is 0.194. The SMILES string of the molecule is COc1ccc2c(Oc3ccc(NC(=O)c4c(C)n(-c5ccccc5)n(C[C@@H](C)OC(=O)CN)c4=O)nc3)ccnc2c1. The first-order chi connectivity index (χ1) is 20.8. The van der Waals surface area contributed by atoms with Gasteiger partial charge >= 0.3 is 5.97 Å². The maximum Gasteiger partial charge on any atom is 0.320 e. The number of anilines is 1. The predicted octanol–water partition coefficient (Wildman–Crippen LogP) is 3.83. The van der Waals surface area contributed by atoms with Crippen LogP contribution in [0.2, 0.25) is 0 Å². The number of amides is 1. The monoisotopic (exact) mass is 582 g/mol. The molecule has 0 saturated heterocycles. The van der Waals surface area contributed by atoms with Crippen LogP contribution in [0.4, 0.5) is 5.82 Å². The van der Waals surface area contributed by atoms with Gasteiger partial charge in [0.2, 0.25) is 0 Å². The topological polar surface area (TPSA) is 153 Å². The van der Waals surface area contributed by atoms with Gasteiger partial charge in [0.1, 0.15) is 34.7 Å². The van der Waals surface area contributed by atoms with E-state index >= 15 is 0 Å². The highest BCUT2D eigenvalue weighted by Crippen LogP contribution is 2.30. The van der Waals surface area contributed by atoms with Crippen molar-refractivity contribution in [3.63, 3.8) is 0 Å². The normalized spacial score (nSPS) is 11.6. The van der Waals surface area contributed by atoms with Crippen LogP contribution in [0.1, 0.15) is 23.0 Å². The zero-order valence-electron chi connectivity index (χ0n) is 23.8. The molecule has 12 nitrogen and oxygen atoms in total. The molecule has 1 atom stereocenters. The Morgan fingerprint density at radius 1 is 1.02 bits per heavy atom. The Kier molecular flexibility index (Phi) is 8.49. The number of rotatable bonds is 10. The number of para-hydroxylation sites is 1. The lowest BCUT2D eigenvalue weighted by Gasteiger charge is -2.17. The summed E-state index contributed by atoms with van der Waals surface area (Å²) in [7, 11) is 1.59. The Labute approximate surface area is 246 Å². The van der Waals surface area contributed by atoms with Gasteiger partial charge in [0.05, 0.1) is 43.3 Å². The third-order valence-corrected chi connectivity index (χ3v) is 6.64. The van der Waals surface area contributed by atoms with Crippen molar-refractivity contribution in [2.24, 2.45) is 5.73 Å². The zero-order chi connectivity index (χ0) is 30.5. The van der Waals surface area contributed by atoms with Crippen LogP contribution in [-0.2, 0) is 16.1 Å². The van der Waals surface area contributed by atoms with Crippen LogP contribution < -0.4 is 26.1 Å². The minimum atomic E-state index is -0.671. The van der Waals surface area contributed by atoms with E-state index in [0.29, 0.717) is 34.1 Å². The lowest BCUT2D eigenvalue weighted by molar-refractivity contribution is -0.147. The number of carbonyl (C=O) groups is 2. The fourth-order valence-electron chi connectivity index (χ4n) is 4.68. The van der Waals surface area contributed by atoms with Crippen molar-refractivity contribution in [2.75, 3.05) is 19.0 Å². The highest BCUT2D eigenvalue weighted by molar-refractivity contribution is 6.04. The summed E-state index contributed by atoms with van der Waals surface area (Å²) in [6.07, 6.45) is 2.44. The summed E-state index contributed by atoms with van der Waals surface area (Å²) in [4.78, 5) is 47.4. The van der Waals surface area contributed by atoms with Crippen LogP contribution in [0.15, 0.2) is 83.9 Å². The van der Waals surface area contributed by atoms with Crippen LogP contribution in [0.5, 0.6) is 17.2 Å². The first-order valence-electron chi connectivity index (χ1n) is 13.4. The van der Waals surface area contributed by atoms with Gasteiger partial charge in [-0.2, -0.15) is 0 Å². The molecular formula is C31H30N6O6. The van der Waals surface area contributed by atoms with Gasteiger partial charge in [0.25, 0.3) is 11.5 Å². The summed E-state index contributed by atoms with van der Waals surface area (Å²) in [5, 5.41) is 3.50. The molecule has 0 saturated carbocycles. The number of esters is 1. The quantitative estimate of drug-likeness (QED) is 0.234. The van der Waals surface area contributed by atoms with Crippen LogP contribution in [0.3, 0.4) is 0 Å². The van der Waals surface area contributed by atoms with Gasteiger partial charge in [-0.25, -0.2) is 9.67 Å². The second kappa shape index (κ2) is 12.6. The van der Waals surface area contributed by atoms with Crippen molar-refractivity contribution in [1.29, 1.82) is 0 Å². The molecule has 0 radical (unpaired) electrons. The second-order valence-electron chi connectivity index (χ2n) is 9.63. The highest BCUT2D eigenvalue weighted by Gasteiger charge is 2.25. The van der Waals surface area contributed by atoms with Gasteiger partial charge in [0, 0.05) is 17.6 Å². The van der Waals surface area contributed by atoms with E-state index in [0.717, 1.165) is 5.39 Å². The molecule has 5 rings (SSSR count). The molecule has 2 aromatic carbocycles. The molecule has 12 heteroatoms. The minimum absolute atomic E-state index is 0.00828. The highest BCUT2D eigenvalue weighted by atomic mass is 16.5. The average molecular weight is 583 g/mol. The van der Waals surface area contributed by atoms with Crippen LogP contribution in [-0.4, -0.2) is 51.0 Å². The van der Waals surface area contributed by atoms with E-state index in [2.05, 4.69) is 15.3 Å². The largest absolute Gasteiger partial charge is 0.497 e.